The molecule has 0 atom stereocenters. The molecule has 0 spiro atoms. The van der Waals surface area contributed by atoms with E-state index in [2.05, 4.69) is 11.1 Å². The first kappa shape index (κ1) is 18.1. The number of terminal acetylenes is 1. The molecule has 2 aromatic rings. The number of hydrogen-bond acceptors (Lipinski definition) is 4. The maximum atomic E-state index is 13.0. The molecule has 0 radical (unpaired) electrons. The maximum absolute atomic E-state index is 13.0. The molecule has 0 aliphatic rings. The lowest BCUT2D eigenvalue weighted by atomic mass is 10.2. The van der Waals surface area contributed by atoms with Gasteiger partial charge in [0.2, 0.25) is 5.91 Å². The fourth-order valence-corrected chi connectivity index (χ4v) is 3.27. The lowest BCUT2D eigenvalue weighted by Gasteiger charge is -2.20. The standard InChI is InChI=1S/C18H19FN2O2S/c1-4-9-21(10-15-5-7-16(19)8-6-15)18(22)12-24-11-17-13(2)20-23-14(17)3/h1,5-8H,9-12H2,2-3H3. The molecule has 0 aliphatic carbocycles. The van der Waals surface area contributed by atoms with Gasteiger partial charge in [0.05, 0.1) is 18.0 Å². The highest BCUT2D eigenvalue weighted by atomic mass is 32.2. The van der Waals surface area contributed by atoms with Crippen molar-refractivity contribution in [2.24, 2.45) is 0 Å². The van der Waals surface area contributed by atoms with Crippen molar-refractivity contribution in [2.45, 2.75) is 26.1 Å². The third-order valence-corrected chi connectivity index (χ3v) is 4.52. The molecule has 6 heteroatoms. The highest BCUT2D eigenvalue weighted by molar-refractivity contribution is 7.99. The number of aryl methyl sites for hydroxylation is 2. The minimum Gasteiger partial charge on any atom is -0.361 e. The van der Waals surface area contributed by atoms with Crippen molar-refractivity contribution in [1.82, 2.24) is 10.1 Å². The summed E-state index contributed by atoms with van der Waals surface area (Å²) in [5.74, 6) is 3.90. The Bertz CT molecular complexity index is 715. The second kappa shape index (κ2) is 8.55. The summed E-state index contributed by atoms with van der Waals surface area (Å²) in [7, 11) is 0. The zero-order chi connectivity index (χ0) is 17.5. The van der Waals surface area contributed by atoms with E-state index in [0.717, 1.165) is 22.6 Å². The Kier molecular flexibility index (Phi) is 6.44. The van der Waals surface area contributed by atoms with Gasteiger partial charge in [0.1, 0.15) is 11.6 Å². The summed E-state index contributed by atoms with van der Waals surface area (Å²) in [6.45, 7) is 4.33. The second-order valence-electron chi connectivity index (χ2n) is 5.38. The number of carbonyl (C=O) groups is 1. The molecule has 0 bridgehead atoms. The zero-order valence-corrected chi connectivity index (χ0v) is 14.5. The summed E-state index contributed by atoms with van der Waals surface area (Å²) in [4.78, 5) is 14.0. The monoisotopic (exact) mass is 346 g/mol. The van der Waals surface area contributed by atoms with E-state index in [9.17, 15) is 9.18 Å². The van der Waals surface area contributed by atoms with E-state index in [-0.39, 0.29) is 18.3 Å². The Morgan fingerprint density at radius 2 is 2.08 bits per heavy atom. The highest BCUT2D eigenvalue weighted by Crippen LogP contribution is 2.20. The fraction of sp³-hybridized carbons (Fsp3) is 0.333. The van der Waals surface area contributed by atoms with Crippen molar-refractivity contribution < 1.29 is 13.7 Å². The number of thioether (sulfide) groups is 1. The first-order chi connectivity index (χ1) is 11.5. The first-order valence-electron chi connectivity index (χ1n) is 7.46. The second-order valence-corrected chi connectivity index (χ2v) is 6.36. The summed E-state index contributed by atoms with van der Waals surface area (Å²) in [5.41, 5.74) is 2.71. The van der Waals surface area contributed by atoms with E-state index >= 15 is 0 Å². The number of aromatic nitrogens is 1. The van der Waals surface area contributed by atoms with E-state index in [1.807, 2.05) is 13.8 Å². The molecule has 0 saturated heterocycles. The number of benzene rings is 1. The Balaban J connectivity index is 1.91. The van der Waals surface area contributed by atoms with Crippen LogP contribution in [-0.4, -0.2) is 28.3 Å². The summed E-state index contributed by atoms with van der Waals surface area (Å²) in [6, 6.07) is 6.06. The number of halogens is 1. The molecule has 2 rings (SSSR count). The lowest BCUT2D eigenvalue weighted by molar-refractivity contribution is -0.128. The van der Waals surface area contributed by atoms with Crippen LogP contribution in [-0.2, 0) is 17.1 Å². The van der Waals surface area contributed by atoms with Crippen molar-refractivity contribution in [1.29, 1.82) is 0 Å². The van der Waals surface area contributed by atoms with Gasteiger partial charge >= 0.3 is 0 Å². The minimum atomic E-state index is -0.302. The predicted octanol–water partition coefficient (Wildman–Crippen LogP) is 3.33. The molecule has 0 unspecified atom stereocenters. The van der Waals surface area contributed by atoms with Crippen molar-refractivity contribution in [2.75, 3.05) is 12.3 Å². The van der Waals surface area contributed by atoms with Crippen LogP contribution in [0.5, 0.6) is 0 Å². The third kappa shape index (κ3) is 4.87. The van der Waals surface area contributed by atoms with E-state index in [1.54, 1.807) is 17.0 Å². The average molecular weight is 346 g/mol. The van der Waals surface area contributed by atoms with E-state index < -0.39 is 0 Å². The van der Waals surface area contributed by atoms with Crippen LogP contribution < -0.4 is 0 Å². The summed E-state index contributed by atoms with van der Waals surface area (Å²) in [6.07, 6.45) is 5.36. The quantitative estimate of drug-likeness (QED) is 0.722. The highest BCUT2D eigenvalue weighted by Gasteiger charge is 2.15. The molecule has 1 aromatic heterocycles. The largest absolute Gasteiger partial charge is 0.361 e. The number of hydrogen-bond donors (Lipinski definition) is 0. The molecule has 1 aromatic carbocycles. The molecule has 0 fully saturated rings. The van der Waals surface area contributed by atoms with Crippen LogP contribution in [0.1, 0.15) is 22.6 Å². The first-order valence-corrected chi connectivity index (χ1v) is 8.62. The minimum absolute atomic E-state index is 0.0472. The van der Waals surface area contributed by atoms with Gasteiger partial charge in [-0.25, -0.2) is 4.39 Å². The van der Waals surface area contributed by atoms with E-state index in [4.69, 9.17) is 10.9 Å². The van der Waals surface area contributed by atoms with Crippen LogP contribution in [0.15, 0.2) is 28.8 Å². The molecule has 0 saturated carbocycles. The number of amides is 1. The number of nitrogens with zero attached hydrogens (tertiary/aromatic N) is 2. The fourth-order valence-electron chi connectivity index (χ4n) is 2.19. The Labute approximate surface area is 145 Å². The van der Waals surface area contributed by atoms with Crippen LogP contribution in [0.2, 0.25) is 0 Å². The van der Waals surface area contributed by atoms with E-state index in [0.29, 0.717) is 18.1 Å². The molecular weight excluding hydrogens is 327 g/mol. The van der Waals surface area contributed by atoms with Gasteiger partial charge in [0.15, 0.2) is 0 Å². The van der Waals surface area contributed by atoms with Gasteiger partial charge in [-0.05, 0) is 31.5 Å². The molecule has 1 amide bonds. The topological polar surface area (TPSA) is 46.3 Å². The Morgan fingerprint density at radius 3 is 2.67 bits per heavy atom. The maximum Gasteiger partial charge on any atom is 0.233 e. The normalized spacial score (nSPS) is 10.4. The van der Waals surface area contributed by atoms with Crippen LogP contribution in [0.3, 0.4) is 0 Å². The van der Waals surface area contributed by atoms with Gasteiger partial charge in [0, 0.05) is 17.9 Å². The van der Waals surface area contributed by atoms with Crippen LogP contribution in [0.4, 0.5) is 4.39 Å². The van der Waals surface area contributed by atoms with Gasteiger partial charge in [-0.15, -0.1) is 18.2 Å². The predicted molar refractivity (Wildman–Crippen MR) is 92.8 cm³/mol. The molecular formula is C18H19FN2O2S. The van der Waals surface area contributed by atoms with Crippen molar-refractivity contribution in [3.8, 4) is 12.3 Å². The molecule has 4 nitrogen and oxygen atoms in total. The van der Waals surface area contributed by atoms with Gasteiger partial charge in [-0.3, -0.25) is 4.79 Å². The van der Waals surface area contributed by atoms with Crippen molar-refractivity contribution in [3.05, 3.63) is 52.7 Å². The third-order valence-electron chi connectivity index (χ3n) is 3.57. The summed E-state index contributed by atoms with van der Waals surface area (Å²) >= 11 is 1.49. The van der Waals surface area contributed by atoms with Gasteiger partial charge in [-0.1, -0.05) is 23.2 Å². The molecule has 0 N–H and O–H groups in total. The Hall–Kier alpha value is -2.26. The van der Waals surface area contributed by atoms with Crippen LogP contribution >= 0.6 is 11.8 Å². The van der Waals surface area contributed by atoms with Crippen LogP contribution in [0, 0.1) is 32.0 Å². The van der Waals surface area contributed by atoms with E-state index in [1.165, 1.54) is 23.9 Å². The average Bonchev–Trinajstić information content (AvgIpc) is 2.88. The van der Waals surface area contributed by atoms with Gasteiger partial charge in [-0.2, -0.15) is 0 Å². The van der Waals surface area contributed by atoms with Crippen LogP contribution in [0.25, 0.3) is 0 Å². The smallest absolute Gasteiger partial charge is 0.233 e. The molecule has 0 aliphatic heterocycles. The summed E-state index contributed by atoms with van der Waals surface area (Å²) in [5, 5.41) is 3.90. The zero-order valence-electron chi connectivity index (χ0n) is 13.7. The molecule has 126 valence electrons. The Morgan fingerprint density at radius 1 is 1.38 bits per heavy atom. The summed E-state index contributed by atoms with van der Waals surface area (Å²) < 4.78 is 18.1. The lowest BCUT2D eigenvalue weighted by Crippen LogP contribution is -2.32. The number of carbonyl (C=O) groups excluding carboxylic acids is 1. The SMILES string of the molecule is C#CCN(Cc1ccc(F)cc1)C(=O)CSCc1c(C)noc1C. The molecule has 24 heavy (non-hydrogen) atoms. The van der Waals surface area contributed by atoms with Crippen molar-refractivity contribution in [3.63, 3.8) is 0 Å². The number of rotatable bonds is 7. The molecule has 1 heterocycles. The van der Waals surface area contributed by atoms with Crippen molar-refractivity contribution >= 4 is 17.7 Å². The van der Waals surface area contributed by atoms with Gasteiger partial charge < -0.3 is 9.42 Å². The van der Waals surface area contributed by atoms with Gasteiger partial charge in [0.25, 0.3) is 0 Å².